The summed E-state index contributed by atoms with van der Waals surface area (Å²) in [6.07, 6.45) is 2.11. The number of hydrogen-bond donors (Lipinski definition) is 2. The average molecular weight is 271 g/mol. The molecule has 1 rings (SSSR count). The summed E-state index contributed by atoms with van der Waals surface area (Å²) in [6.45, 7) is 5.98. The van der Waals surface area contributed by atoms with Gasteiger partial charge in [-0.2, -0.15) is 0 Å². The number of carbonyl (C=O) groups is 1. The highest BCUT2D eigenvalue weighted by Gasteiger charge is 2.22. The third kappa shape index (κ3) is 5.02. The minimum atomic E-state index is -0.902. The van der Waals surface area contributed by atoms with Gasteiger partial charge in [0.05, 0.1) is 5.60 Å². The number of nitrogens with zero attached hydrogens (tertiary/aromatic N) is 1. The molecule has 5 heteroatoms. The molecule has 1 atom stereocenters. The lowest BCUT2D eigenvalue weighted by Crippen LogP contribution is -2.41. The van der Waals surface area contributed by atoms with Crippen LogP contribution in [0.4, 0.5) is 0 Å². The lowest BCUT2D eigenvalue weighted by molar-refractivity contribution is 0.0368. The van der Waals surface area contributed by atoms with Gasteiger partial charge in [-0.1, -0.05) is 25.4 Å². The second-order valence-electron chi connectivity index (χ2n) is 5.14. The van der Waals surface area contributed by atoms with Crippen molar-refractivity contribution >= 4 is 17.5 Å². The van der Waals surface area contributed by atoms with Gasteiger partial charge in [0.2, 0.25) is 0 Å². The molecule has 0 radical (unpaired) electrons. The fourth-order valence-corrected chi connectivity index (χ4v) is 2.04. The van der Waals surface area contributed by atoms with Gasteiger partial charge >= 0.3 is 0 Å². The number of nitrogens with one attached hydrogen (secondary N) is 1. The number of carbonyl (C=O) groups excluding carboxylic acids is 1. The Balaban J connectivity index is 2.56. The van der Waals surface area contributed by atoms with E-state index in [4.69, 9.17) is 11.6 Å². The molecule has 0 fully saturated rings. The number of aromatic nitrogens is 1. The maximum absolute atomic E-state index is 11.8. The molecule has 18 heavy (non-hydrogen) atoms. The van der Waals surface area contributed by atoms with Gasteiger partial charge in [0.1, 0.15) is 5.15 Å². The zero-order valence-corrected chi connectivity index (χ0v) is 11.7. The molecule has 0 aliphatic rings. The molecule has 0 aliphatic carbocycles. The molecule has 1 aromatic heterocycles. The van der Waals surface area contributed by atoms with E-state index in [0.717, 1.165) is 0 Å². The van der Waals surface area contributed by atoms with Gasteiger partial charge in [-0.05, 0) is 31.4 Å². The van der Waals surface area contributed by atoms with E-state index >= 15 is 0 Å². The first-order valence-electron chi connectivity index (χ1n) is 5.92. The summed E-state index contributed by atoms with van der Waals surface area (Å²) < 4.78 is 0. The largest absolute Gasteiger partial charge is 0.388 e. The van der Waals surface area contributed by atoms with Crippen molar-refractivity contribution < 1.29 is 9.90 Å². The zero-order valence-electron chi connectivity index (χ0n) is 10.9. The van der Waals surface area contributed by atoms with E-state index in [2.05, 4.69) is 10.3 Å². The first kappa shape index (κ1) is 14.9. The number of amides is 1. The molecule has 0 bridgehead atoms. The van der Waals surface area contributed by atoms with Gasteiger partial charge in [-0.15, -0.1) is 0 Å². The molecule has 1 heterocycles. The number of rotatable bonds is 5. The highest BCUT2D eigenvalue weighted by Crippen LogP contribution is 2.15. The molecule has 0 saturated heterocycles. The Kier molecular flexibility index (Phi) is 5.11. The van der Waals surface area contributed by atoms with Crippen molar-refractivity contribution in [3.05, 3.63) is 29.0 Å². The van der Waals surface area contributed by atoms with Crippen LogP contribution in [0.1, 0.15) is 37.6 Å². The molecular formula is C13H19ClN2O2. The van der Waals surface area contributed by atoms with Gasteiger partial charge in [-0.3, -0.25) is 4.79 Å². The van der Waals surface area contributed by atoms with Crippen molar-refractivity contribution in [2.45, 2.75) is 32.8 Å². The van der Waals surface area contributed by atoms with E-state index < -0.39 is 5.60 Å². The molecular weight excluding hydrogens is 252 g/mol. The zero-order chi connectivity index (χ0) is 13.8. The van der Waals surface area contributed by atoms with Crippen molar-refractivity contribution in [1.29, 1.82) is 0 Å². The Morgan fingerprint density at radius 2 is 2.28 bits per heavy atom. The van der Waals surface area contributed by atoms with E-state index in [-0.39, 0.29) is 17.6 Å². The molecule has 0 aromatic carbocycles. The molecule has 1 amide bonds. The van der Waals surface area contributed by atoms with Crippen molar-refractivity contribution in [3.63, 3.8) is 0 Å². The van der Waals surface area contributed by atoms with Crippen LogP contribution in [0.25, 0.3) is 0 Å². The Bertz CT molecular complexity index is 419. The maximum atomic E-state index is 11.8. The first-order chi connectivity index (χ1) is 8.30. The summed E-state index contributed by atoms with van der Waals surface area (Å²) >= 11 is 5.71. The van der Waals surface area contributed by atoms with Gasteiger partial charge in [0.15, 0.2) is 0 Å². The summed E-state index contributed by atoms with van der Waals surface area (Å²) in [4.78, 5) is 15.6. The van der Waals surface area contributed by atoms with E-state index in [9.17, 15) is 9.90 Å². The van der Waals surface area contributed by atoms with E-state index in [1.807, 2.05) is 13.8 Å². The number of aliphatic hydroxyl groups is 1. The Labute approximate surface area is 112 Å². The fraction of sp³-hybridized carbons (Fsp3) is 0.538. The molecule has 0 spiro atoms. The molecule has 0 aliphatic heterocycles. The second kappa shape index (κ2) is 6.16. The normalized spacial score (nSPS) is 14.3. The van der Waals surface area contributed by atoms with Crippen LogP contribution in [-0.2, 0) is 0 Å². The van der Waals surface area contributed by atoms with Crippen LogP contribution in [0.2, 0.25) is 5.15 Å². The summed E-state index contributed by atoms with van der Waals surface area (Å²) in [5.41, 5.74) is -0.462. The van der Waals surface area contributed by atoms with Gasteiger partial charge < -0.3 is 10.4 Å². The monoisotopic (exact) mass is 270 g/mol. The summed E-state index contributed by atoms with van der Waals surface area (Å²) in [6, 6.07) is 3.08. The number of pyridine rings is 1. The Hall–Kier alpha value is -1.13. The summed E-state index contributed by atoms with van der Waals surface area (Å²) in [5, 5.41) is 13.1. The van der Waals surface area contributed by atoms with E-state index in [1.165, 1.54) is 12.3 Å². The molecule has 4 nitrogen and oxygen atoms in total. The fourth-order valence-electron chi connectivity index (χ4n) is 1.87. The topological polar surface area (TPSA) is 62.2 Å². The van der Waals surface area contributed by atoms with Crippen molar-refractivity contribution in [3.8, 4) is 0 Å². The molecule has 100 valence electrons. The lowest BCUT2D eigenvalue weighted by atomic mass is 9.94. The quantitative estimate of drug-likeness (QED) is 0.807. The highest BCUT2D eigenvalue weighted by molar-refractivity contribution is 6.29. The third-order valence-corrected chi connectivity index (χ3v) is 2.67. The highest BCUT2D eigenvalue weighted by atomic mass is 35.5. The van der Waals surface area contributed by atoms with Crippen LogP contribution in [-0.4, -0.2) is 28.1 Å². The predicted molar refractivity (Wildman–Crippen MR) is 71.7 cm³/mol. The predicted octanol–water partition coefficient (Wildman–Crippen LogP) is 2.26. The molecule has 2 N–H and O–H groups in total. The number of halogens is 1. The van der Waals surface area contributed by atoms with E-state index in [1.54, 1.807) is 13.0 Å². The third-order valence-electron chi connectivity index (χ3n) is 2.47. The van der Waals surface area contributed by atoms with E-state index in [0.29, 0.717) is 17.9 Å². The van der Waals surface area contributed by atoms with Gasteiger partial charge in [0.25, 0.3) is 5.91 Å². The molecule has 1 unspecified atom stereocenters. The van der Waals surface area contributed by atoms with Crippen molar-refractivity contribution in [2.75, 3.05) is 6.54 Å². The van der Waals surface area contributed by atoms with Gasteiger partial charge in [-0.25, -0.2) is 4.98 Å². The Morgan fingerprint density at radius 1 is 1.61 bits per heavy atom. The lowest BCUT2D eigenvalue weighted by Gasteiger charge is -2.25. The first-order valence-corrected chi connectivity index (χ1v) is 6.30. The minimum Gasteiger partial charge on any atom is -0.388 e. The second-order valence-corrected chi connectivity index (χ2v) is 5.53. The van der Waals surface area contributed by atoms with Crippen LogP contribution in [0.5, 0.6) is 0 Å². The number of hydrogen-bond acceptors (Lipinski definition) is 3. The van der Waals surface area contributed by atoms with Crippen LogP contribution in [0.3, 0.4) is 0 Å². The smallest absolute Gasteiger partial charge is 0.251 e. The summed E-state index contributed by atoms with van der Waals surface area (Å²) in [5.74, 6) is 0.107. The SMILES string of the molecule is CC(C)CC(C)(O)CNC(=O)c1ccnc(Cl)c1. The van der Waals surface area contributed by atoms with Crippen LogP contribution < -0.4 is 5.32 Å². The van der Waals surface area contributed by atoms with Crippen molar-refractivity contribution in [2.24, 2.45) is 5.92 Å². The van der Waals surface area contributed by atoms with Crippen LogP contribution in [0.15, 0.2) is 18.3 Å². The van der Waals surface area contributed by atoms with Crippen LogP contribution >= 0.6 is 11.6 Å². The van der Waals surface area contributed by atoms with Gasteiger partial charge in [0, 0.05) is 18.3 Å². The average Bonchev–Trinajstić information content (AvgIpc) is 2.24. The summed E-state index contributed by atoms with van der Waals surface area (Å²) in [7, 11) is 0. The van der Waals surface area contributed by atoms with Crippen molar-refractivity contribution in [1.82, 2.24) is 10.3 Å². The minimum absolute atomic E-state index is 0.212. The molecule has 1 aromatic rings. The molecule has 0 saturated carbocycles. The standard InChI is InChI=1S/C13H19ClN2O2/c1-9(2)7-13(3,18)8-16-12(17)10-4-5-15-11(14)6-10/h4-6,9,18H,7-8H2,1-3H3,(H,16,17). The van der Waals surface area contributed by atoms with Crippen LogP contribution in [0, 0.1) is 5.92 Å². The Morgan fingerprint density at radius 3 is 2.83 bits per heavy atom. The maximum Gasteiger partial charge on any atom is 0.251 e.